The first-order chi connectivity index (χ1) is 18.7. The summed E-state index contributed by atoms with van der Waals surface area (Å²) in [4.78, 5) is 73.2. The van der Waals surface area contributed by atoms with Gasteiger partial charge in [0.25, 0.3) is 0 Å². The molecule has 226 valence electrons. The van der Waals surface area contributed by atoms with Gasteiger partial charge in [0, 0.05) is 47.3 Å². The van der Waals surface area contributed by atoms with Crippen LogP contribution in [0, 0.1) is 5.92 Å². The summed E-state index contributed by atoms with van der Waals surface area (Å²) in [6, 6.07) is -1.96. The normalized spacial score (nSPS) is 29.3. The summed E-state index contributed by atoms with van der Waals surface area (Å²) in [7, 11) is 2.27. The van der Waals surface area contributed by atoms with Gasteiger partial charge in [0.15, 0.2) is 24.5 Å². The Bertz CT molecular complexity index is 972. The molecule has 0 aromatic carbocycles. The lowest BCUT2D eigenvalue weighted by atomic mass is 9.80. The molecule has 1 aliphatic carbocycles. The highest BCUT2D eigenvalue weighted by Crippen LogP contribution is 2.38. The summed E-state index contributed by atoms with van der Waals surface area (Å²) >= 11 is 0. The molecule has 2 fully saturated rings. The molecule has 1 saturated heterocycles. The Morgan fingerprint density at radius 2 is 1.68 bits per heavy atom. The molecule has 0 bridgehead atoms. The number of hydrogen-bond donors (Lipinski definition) is 3. The highest BCUT2D eigenvalue weighted by atomic mass is 16.7. The number of methoxy groups -OCH3 is 2. The van der Waals surface area contributed by atoms with Crippen LogP contribution in [0.4, 0.5) is 0 Å². The minimum atomic E-state index is -2.33. The molecule has 1 heterocycles. The Labute approximate surface area is 231 Å². The van der Waals surface area contributed by atoms with Gasteiger partial charge in [-0.05, 0) is 12.8 Å². The Morgan fingerprint density at radius 1 is 1.00 bits per heavy atom. The first-order valence-electron chi connectivity index (χ1n) is 12.8. The van der Waals surface area contributed by atoms with Crippen molar-refractivity contribution in [1.82, 2.24) is 10.6 Å². The first kappa shape index (κ1) is 32.9. The molecule has 0 radical (unpaired) electrons. The van der Waals surface area contributed by atoms with Crippen LogP contribution in [0.3, 0.4) is 0 Å². The van der Waals surface area contributed by atoms with Gasteiger partial charge in [0.2, 0.25) is 11.8 Å². The number of rotatable bonds is 11. The number of esters is 4. The molecule has 1 aliphatic heterocycles. The molecule has 8 atom stereocenters. The molecule has 40 heavy (non-hydrogen) atoms. The molecule has 0 spiro atoms. The largest absolute Gasteiger partial charge is 0.467 e. The van der Waals surface area contributed by atoms with Crippen LogP contribution in [0.15, 0.2) is 0 Å². The maximum absolute atomic E-state index is 13.3. The zero-order valence-corrected chi connectivity index (χ0v) is 23.4. The first-order valence-corrected chi connectivity index (χ1v) is 12.8. The van der Waals surface area contributed by atoms with E-state index in [0.29, 0.717) is 19.3 Å². The molecule has 3 N–H and O–H groups in total. The number of carbonyl (C=O) groups excluding carboxylic acids is 6. The van der Waals surface area contributed by atoms with Gasteiger partial charge in [-0.15, -0.1) is 0 Å². The number of ether oxygens (including phenoxy) is 6. The minimum absolute atomic E-state index is 0.307. The lowest BCUT2D eigenvalue weighted by Crippen LogP contribution is -2.69. The average Bonchev–Trinajstić information content (AvgIpc) is 3.32. The molecule has 2 aliphatic rings. The van der Waals surface area contributed by atoms with E-state index in [1.807, 2.05) is 0 Å². The Balaban J connectivity index is 2.48. The van der Waals surface area contributed by atoms with Crippen LogP contribution in [0.5, 0.6) is 0 Å². The van der Waals surface area contributed by atoms with E-state index in [4.69, 9.17) is 28.4 Å². The summed E-state index contributed by atoms with van der Waals surface area (Å²) in [5, 5.41) is 17.3. The lowest BCUT2D eigenvalue weighted by Gasteiger charge is -2.49. The second-order valence-electron chi connectivity index (χ2n) is 9.76. The Hall–Kier alpha value is -3.30. The topological polar surface area (TPSA) is 202 Å². The third-order valence-corrected chi connectivity index (χ3v) is 6.77. The SMILES string of the molecule is COC(=O)[C@@H](NC(=O)[C@@H]1CCC[C@@H]1NC(C)=O)[C@@H]1C[C@@](O)([C@H](COC(C)=O)OC(C)=O)[C@@H](OC(C)=O)[C@@H](OC)O1. The van der Waals surface area contributed by atoms with Crippen molar-refractivity contribution >= 4 is 35.7 Å². The van der Waals surface area contributed by atoms with Crippen LogP contribution in [-0.4, -0.2) is 104 Å². The van der Waals surface area contributed by atoms with Crippen LogP contribution >= 0.6 is 0 Å². The molecular formula is C25H38N2O13. The van der Waals surface area contributed by atoms with E-state index in [2.05, 4.69) is 10.6 Å². The summed E-state index contributed by atoms with van der Waals surface area (Å²) in [5.41, 5.74) is -2.33. The van der Waals surface area contributed by atoms with E-state index in [0.717, 1.165) is 27.9 Å². The van der Waals surface area contributed by atoms with E-state index in [1.165, 1.54) is 14.0 Å². The van der Waals surface area contributed by atoms with Crippen LogP contribution in [0.1, 0.15) is 53.4 Å². The fourth-order valence-electron chi connectivity index (χ4n) is 5.06. The minimum Gasteiger partial charge on any atom is -0.467 e. The van der Waals surface area contributed by atoms with Gasteiger partial charge in [-0.25, -0.2) is 4.79 Å². The van der Waals surface area contributed by atoms with Crippen LogP contribution < -0.4 is 10.6 Å². The van der Waals surface area contributed by atoms with Crippen molar-refractivity contribution in [3.8, 4) is 0 Å². The van der Waals surface area contributed by atoms with E-state index in [9.17, 15) is 33.9 Å². The van der Waals surface area contributed by atoms with Crippen molar-refractivity contribution in [2.75, 3.05) is 20.8 Å². The number of aliphatic hydroxyl groups is 1. The van der Waals surface area contributed by atoms with Gasteiger partial charge in [-0.2, -0.15) is 0 Å². The second-order valence-corrected chi connectivity index (χ2v) is 9.76. The number of amides is 2. The standard InChI is InChI=1S/C25H38N2O13/c1-12(28)26-17-9-7-8-16(17)22(32)27-20(23(33)35-5)18-10-25(34,19(38-14(3)30)11-37-13(2)29)21(39-15(4)31)24(36-6)40-18/h16-21,24,34H,7-11H2,1-6H3,(H,26,28)(H,27,32)/t16-,17+,18+,19+,20+,21+,24+,25-/m1/s1. The van der Waals surface area contributed by atoms with E-state index in [-0.39, 0.29) is 5.91 Å². The van der Waals surface area contributed by atoms with Crippen molar-refractivity contribution in [3.63, 3.8) is 0 Å². The maximum atomic E-state index is 13.3. The monoisotopic (exact) mass is 574 g/mol. The second kappa shape index (κ2) is 14.4. The smallest absolute Gasteiger partial charge is 0.331 e. The van der Waals surface area contributed by atoms with Gasteiger partial charge in [-0.3, -0.25) is 24.0 Å². The summed E-state index contributed by atoms with van der Waals surface area (Å²) in [6.07, 6.45) is -4.98. The highest BCUT2D eigenvalue weighted by Gasteiger charge is 2.59. The zero-order valence-electron chi connectivity index (χ0n) is 23.4. The molecule has 15 heteroatoms. The van der Waals surface area contributed by atoms with Gasteiger partial charge in [0.05, 0.1) is 19.1 Å². The van der Waals surface area contributed by atoms with E-state index < -0.39 is 91.0 Å². The summed E-state index contributed by atoms with van der Waals surface area (Å²) < 4.78 is 31.6. The quantitative estimate of drug-likeness (QED) is 0.198. The Kier molecular flexibility index (Phi) is 11.8. The number of nitrogens with one attached hydrogen (secondary N) is 2. The third kappa shape index (κ3) is 8.35. The van der Waals surface area contributed by atoms with Crippen LogP contribution in [0.25, 0.3) is 0 Å². The zero-order chi connectivity index (χ0) is 30.2. The molecule has 0 aromatic rings. The molecule has 2 amide bonds. The maximum Gasteiger partial charge on any atom is 0.331 e. The Morgan fingerprint density at radius 3 is 2.20 bits per heavy atom. The van der Waals surface area contributed by atoms with Gasteiger partial charge < -0.3 is 44.2 Å². The fraction of sp³-hybridized carbons (Fsp3) is 0.760. The highest BCUT2D eigenvalue weighted by molar-refractivity contribution is 5.87. The molecule has 15 nitrogen and oxygen atoms in total. The predicted molar refractivity (Wildman–Crippen MR) is 132 cm³/mol. The van der Waals surface area contributed by atoms with Gasteiger partial charge in [-0.1, -0.05) is 6.42 Å². The molecule has 2 rings (SSSR count). The van der Waals surface area contributed by atoms with Crippen molar-refractivity contribution in [3.05, 3.63) is 0 Å². The molecular weight excluding hydrogens is 536 g/mol. The number of carbonyl (C=O) groups is 6. The van der Waals surface area contributed by atoms with E-state index >= 15 is 0 Å². The molecule has 1 saturated carbocycles. The molecule has 0 aromatic heterocycles. The van der Waals surface area contributed by atoms with Gasteiger partial charge >= 0.3 is 23.9 Å². The lowest BCUT2D eigenvalue weighted by molar-refractivity contribution is -0.314. The molecule has 0 unspecified atom stereocenters. The average molecular weight is 575 g/mol. The summed E-state index contributed by atoms with van der Waals surface area (Å²) in [6.45, 7) is 3.92. The third-order valence-electron chi connectivity index (χ3n) is 6.77. The van der Waals surface area contributed by atoms with Crippen molar-refractivity contribution in [2.24, 2.45) is 5.92 Å². The van der Waals surface area contributed by atoms with Crippen LogP contribution in [-0.2, 0) is 57.2 Å². The van der Waals surface area contributed by atoms with Crippen molar-refractivity contribution in [1.29, 1.82) is 0 Å². The van der Waals surface area contributed by atoms with Crippen molar-refractivity contribution < 1.29 is 62.3 Å². The van der Waals surface area contributed by atoms with Crippen molar-refractivity contribution in [2.45, 2.75) is 95.7 Å². The van der Waals surface area contributed by atoms with Gasteiger partial charge in [0.1, 0.15) is 12.2 Å². The van der Waals surface area contributed by atoms with Crippen LogP contribution in [0.2, 0.25) is 0 Å². The number of hydrogen-bond acceptors (Lipinski definition) is 13. The van der Waals surface area contributed by atoms with E-state index in [1.54, 1.807) is 0 Å². The summed E-state index contributed by atoms with van der Waals surface area (Å²) in [5.74, 6) is -4.90. The predicted octanol–water partition coefficient (Wildman–Crippen LogP) is -1.13. The fourth-order valence-corrected chi connectivity index (χ4v) is 5.06.